The van der Waals surface area contributed by atoms with Gasteiger partial charge in [0, 0.05) is 1.43 Å². The molecular weight excluding hydrogens is 104 g/mol. The third kappa shape index (κ3) is 1400. The van der Waals surface area contributed by atoms with Crippen molar-refractivity contribution < 1.29 is 11.6 Å². The molecule has 0 aromatic rings. The minimum Gasteiger partial charge on any atom is 0 e. The topological polar surface area (TPSA) is 51.4 Å². The third-order valence-electron chi connectivity index (χ3n) is 0. The zero-order valence-electron chi connectivity index (χ0n) is 4.12. The molecule has 0 radical (unpaired) electrons. The summed E-state index contributed by atoms with van der Waals surface area (Å²) >= 11 is 0. The second-order valence-corrected chi connectivity index (χ2v) is 0.707. The molecule has 0 unspecified atom stereocenters. The Morgan fingerprint density at radius 2 is 1.25 bits per heavy atom. The average molecular weight is 124 g/mol. The van der Waals surface area contributed by atoms with Crippen molar-refractivity contribution in [2.24, 2.45) is 0 Å². The minimum absolute atomic E-state index is 0. The van der Waals surface area contributed by atoms with Gasteiger partial charge < -0.3 is 5.48 Å². The van der Waals surface area contributed by atoms with Gasteiger partial charge in [0.2, 0.25) is 0 Å². The van der Waals surface area contributed by atoms with E-state index >= 15 is 0 Å². The first-order chi connectivity index (χ1) is 2.41. The van der Waals surface area contributed by atoms with Gasteiger partial charge in [-0.3, -0.25) is 0 Å². The zero-order chi connectivity index (χ0) is 4.71. The molecule has 0 aromatic carbocycles. The molecule has 2 N–H and O–H groups in total. The maximum Gasteiger partial charge on any atom is 0 e. The molecule has 8 heavy (non-hydrogen) atoms. The normalized spacial score (nSPS) is 2.50. The van der Waals surface area contributed by atoms with E-state index < -0.39 is 0 Å². The van der Waals surface area contributed by atoms with E-state index in [9.17, 15) is 0 Å². The van der Waals surface area contributed by atoms with E-state index in [-0.39, 0.29) is 21.8 Å². The van der Waals surface area contributed by atoms with Crippen LogP contribution in [0.25, 0.3) is 0 Å². The molecule has 0 saturated carbocycles. The Balaban J connectivity index is -0.00000000357. The van der Waals surface area contributed by atoms with Gasteiger partial charge in [-0.15, -0.1) is 0 Å². The van der Waals surface area contributed by atoms with E-state index in [4.69, 9.17) is 4.65 Å². The van der Waals surface area contributed by atoms with Crippen molar-refractivity contribution in [1.82, 2.24) is 0 Å². The molecule has 0 heterocycles. The largest absolute Gasteiger partial charge is 0 e. The van der Waals surface area contributed by atoms with E-state index in [1.807, 2.05) is 0 Å². The van der Waals surface area contributed by atoms with Crippen LogP contribution in [0.2, 0.25) is 0 Å². The summed E-state index contributed by atoms with van der Waals surface area (Å²) in [6, 6.07) is 0. The van der Waals surface area contributed by atoms with E-state index in [0.29, 0.717) is 0 Å². The number of rotatable bonds is 0. The van der Waals surface area contributed by atoms with Crippen molar-refractivity contribution >= 4 is 0 Å². The second kappa shape index (κ2) is 444. The van der Waals surface area contributed by atoms with Crippen molar-refractivity contribution in [3.63, 3.8) is 0 Å². The van der Waals surface area contributed by atoms with Crippen LogP contribution in [0.5, 0.6) is 0 Å². The standard InChI is InChI=1S/C3H8.CO.2CH4.H2O.H2/c1-3-2;1-2;;;;/h3H2,1-2H3;;2*1H4;1H2;1H. The van der Waals surface area contributed by atoms with Crippen LogP contribution in [-0.2, 0) is 4.65 Å². The van der Waals surface area contributed by atoms with Gasteiger partial charge in [0.05, 0.1) is 0 Å². The van der Waals surface area contributed by atoms with Gasteiger partial charge in [-0.1, -0.05) is 35.1 Å². The molecule has 2 nitrogen and oxygen atoms in total. The first kappa shape index (κ1) is 47.4. The summed E-state index contributed by atoms with van der Waals surface area (Å²) in [5.41, 5.74) is 0. The third-order valence-corrected chi connectivity index (χ3v) is 0. The van der Waals surface area contributed by atoms with Crippen LogP contribution in [0, 0.1) is 6.65 Å². The zero-order valence-corrected chi connectivity index (χ0v) is 4.12. The fourth-order valence-corrected chi connectivity index (χ4v) is 0. The van der Waals surface area contributed by atoms with E-state index in [1.165, 1.54) is 6.42 Å². The van der Waals surface area contributed by atoms with Gasteiger partial charge in [0.15, 0.2) is 0 Å². The van der Waals surface area contributed by atoms with Crippen LogP contribution in [0.3, 0.4) is 0 Å². The molecule has 0 spiro atoms. The molecule has 0 amide bonds. The van der Waals surface area contributed by atoms with Gasteiger partial charge in [0.25, 0.3) is 0 Å². The molecule has 0 rings (SSSR count). The van der Waals surface area contributed by atoms with Crippen LogP contribution < -0.4 is 0 Å². The quantitative estimate of drug-likeness (QED) is 0.350. The van der Waals surface area contributed by atoms with Gasteiger partial charge in [-0.2, -0.15) is 0 Å². The first-order valence-electron chi connectivity index (χ1n) is 1.62. The predicted molar refractivity (Wildman–Crippen MR) is 39.1 cm³/mol. The van der Waals surface area contributed by atoms with Crippen LogP contribution in [0.15, 0.2) is 0 Å². The molecule has 0 atom stereocenters. The minimum atomic E-state index is 0. The van der Waals surface area contributed by atoms with Gasteiger partial charge in [-0.25, -0.2) is 0 Å². The molecule has 0 aliphatic carbocycles. The van der Waals surface area contributed by atoms with Crippen LogP contribution in [0.4, 0.5) is 0 Å². The van der Waals surface area contributed by atoms with Crippen LogP contribution >= 0.6 is 0 Å². The molecule has 0 bridgehead atoms. The van der Waals surface area contributed by atoms with Gasteiger partial charge >= 0.3 is 11.3 Å². The Hall–Kier alpha value is -0.300. The molecule has 56 valence electrons. The summed E-state index contributed by atoms with van der Waals surface area (Å²) < 4.78 is 7.50. The Labute approximate surface area is 54.4 Å². The smallest absolute Gasteiger partial charge is 0 e. The Morgan fingerprint density at radius 3 is 1.25 bits per heavy atom. The van der Waals surface area contributed by atoms with Crippen LogP contribution in [0.1, 0.15) is 36.5 Å². The Kier molecular flexibility index (Phi) is 2630. The fourth-order valence-electron chi connectivity index (χ4n) is 0. The maximum atomic E-state index is 7.50. The molecule has 0 fully saturated rings. The fraction of sp³-hybridized carbons (Fsp3) is 0.833. The molecule has 2 heteroatoms. The molecule has 0 saturated heterocycles. The van der Waals surface area contributed by atoms with E-state index in [2.05, 4.69) is 20.5 Å². The Bertz CT molecular complexity index is 22.3. The maximum absolute atomic E-state index is 7.50. The molecule has 0 aliphatic heterocycles. The summed E-state index contributed by atoms with van der Waals surface area (Å²) in [4.78, 5) is 0. The molecular formula is C6H20O2. The second-order valence-electron chi connectivity index (χ2n) is 0.707. The SMILES string of the molecule is C.C.CCC.O.[C-]#[O+].[HH]. The van der Waals surface area contributed by atoms with Crippen molar-refractivity contribution in [1.29, 1.82) is 0 Å². The van der Waals surface area contributed by atoms with Gasteiger partial charge in [0.1, 0.15) is 0 Å². The van der Waals surface area contributed by atoms with E-state index in [1.54, 1.807) is 0 Å². The van der Waals surface area contributed by atoms with Crippen molar-refractivity contribution in [3.8, 4) is 0 Å². The predicted octanol–water partition coefficient (Wildman–Crippen LogP) is 2.07. The number of hydrogen-bond acceptors (Lipinski definition) is 0. The van der Waals surface area contributed by atoms with Crippen molar-refractivity contribution in [2.45, 2.75) is 35.1 Å². The average Bonchev–Trinajstić information content (AvgIpc) is 1.46. The van der Waals surface area contributed by atoms with E-state index in [0.717, 1.165) is 0 Å². The Morgan fingerprint density at radius 1 is 1.25 bits per heavy atom. The summed E-state index contributed by atoms with van der Waals surface area (Å²) in [7, 11) is 0. The van der Waals surface area contributed by atoms with Crippen molar-refractivity contribution in [2.75, 3.05) is 0 Å². The monoisotopic (exact) mass is 124 g/mol. The van der Waals surface area contributed by atoms with Crippen molar-refractivity contribution in [3.05, 3.63) is 6.65 Å². The summed E-state index contributed by atoms with van der Waals surface area (Å²) in [5, 5.41) is 0. The first-order valence-corrected chi connectivity index (χ1v) is 1.62. The molecule has 0 aliphatic rings. The summed E-state index contributed by atoms with van der Waals surface area (Å²) in [5.74, 6) is 0. The van der Waals surface area contributed by atoms with Gasteiger partial charge in [-0.05, 0) is 0 Å². The number of hydrogen-bond donors (Lipinski definition) is 0. The van der Waals surface area contributed by atoms with Crippen LogP contribution in [-0.4, -0.2) is 5.48 Å². The molecule has 0 aromatic heterocycles. The summed E-state index contributed by atoms with van der Waals surface area (Å²) in [6.45, 7) is 8.75. The summed E-state index contributed by atoms with van der Waals surface area (Å²) in [6.07, 6.45) is 1.25.